The van der Waals surface area contributed by atoms with Gasteiger partial charge in [0.05, 0.1) is 0 Å². The van der Waals surface area contributed by atoms with Crippen LogP contribution in [0.5, 0.6) is 0 Å². The number of hydrogen-bond donors (Lipinski definition) is 1. The molecule has 0 spiro atoms. The van der Waals surface area contributed by atoms with Crippen LogP contribution in [0.3, 0.4) is 0 Å². The van der Waals surface area contributed by atoms with Crippen molar-refractivity contribution in [3.8, 4) is 0 Å². The summed E-state index contributed by atoms with van der Waals surface area (Å²) in [6.45, 7) is 0.554. The number of carbonyl (C=O) groups excluding carboxylic acids is 3. The summed E-state index contributed by atoms with van der Waals surface area (Å²) in [6, 6.07) is 15.8. The van der Waals surface area contributed by atoms with Crippen molar-refractivity contribution in [1.82, 2.24) is 4.90 Å². The van der Waals surface area contributed by atoms with Gasteiger partial charge in [0.2, 0.25) is 11.8 Å². The molecule has 0 aromatic heterocycles. The molecule has 1 fully saturated rings. The highest BCUT2D eigenvalue weighted by molar-refractivity contribution is 9.10. The van der Waals surface area contributed by atoms with Crippen LogP contribution >= 0.6 is 15.9 Å². The zero-order chi connectivity index (χ0) is 19.2. The average Bonchev–Trinajstić information content (AvgIpc) is 3.17. The van der Waals surface area contributed by atoms with Crippen molar-refractivity contribution in [2.75, 3.05) is 11.9 Å². The highest BCUT2D eigenvalue weighted by atomic mass is 79.9. The summed E-state index contributed by atoms with van der Waals surface area (Å²) in [5, 5.41) is 2.86. The first kappa shape index (κ1) is 19.3. The second kappa shape index (κ2) is 8.95. The van der Waals surface area contributed by atoms with Crippen LogP contribution in [0.4, 0.5) is 5.69 Å². The maximum absolute atomic E-state index is 12.6. The van der Waals surface area contributed by atoms with Gasteiger partial charge in [-0.1, -0.05) is 46.3 Å². The number of carbonyl (C=O) groups is 3. The van der Waals surface area contributed by atoms with Crippen LogP contribution in [0.15, 0.2) is 59.1 Å². The molecular weight excluding hydrogens is 408 g/mol. The van der Waals surface area contributed by atoms with E-state index in [0.29, 0.717) is 24.2 Å². The number of rotatable bonds is 6. The standard InChI is InChI=1S/C21H21BrN2O3/c22-16-10-8-15(9-11-16)19(25)12-13-20(26)24-14-4-7-18(24)21(27)23-17-5-2-1-3-6-17/h1-3,5-6,8-11,18H,4,7,12-14H2,(H,23,27)/t18-/m0/s1. The molecule has 0 unspecified atom stereocenters. The van der Waals surface area contributed by atoms with Gasteiger partial charge in [-0.3, -0.25) is 14.4 Å². The molecule has 3 rings (SSSR count). The zero-order valence-corrected chi connectivity index (χ0v) is 16.4. The molecule has 140 valence electrons. The molecule has 2 aromatic carbocycles. The van der Waals surface area contributed by atoms with Gasteiger partial charge in [0.25, 0.3) is 0 Å². The largest absolute Gasteiger partial charge is 0.331 e. The van der Waals surface area contributed by atoms with Gasteiger partial charge in [-0.15, -0.1) is 0 Å². The topological polar surface area (TPSA) is 66.5 Å². The van der Waals surface area contributed by atoms with Crippen LogP contribution in [-0.2, 0) is 9.59 Å². The zero-order valence-electron chi connectivity index (χ0n) is 14.9. The lowest BCUT2D eigenvalue weighted by atomic mass is 10.1. The third-order valence-electron chi connectivity index (χ3n) is 4.65. The van der Waals surface area contributed by atoms with E-state index in [9.17, 15) is 14.4 Å². The van der Waals surface area contributed by atoms with E-state index in [-0.39, 0.29) is 30.4 Å². The van der Waals surface area contributed by atoms with Crippen molar-refractivity contribution >= 4 is 39.2 Å². The molecule has 0 aliphatic carbocycles. The number of nitrogens with one attached hydrogen (secondary N) is 1. The van der Waals surface area contributed by atoms with Gasteiger partial charge in [0.1, 0.15) is 6.04 Å². The number of amides is 2. The van der Waals surface area contributed by atoms with Crippen LogP contribution in [0.2, 0.25) is 0 Å². The number of para-hydroxylation sites is 1. The van der Waals surface area contributed by atoms with Gasteiger partial charge in [-0.25, -0.2) is 0 Å². The normalized spacial score (nSPS) is 16.2. The summed E-state index contributed by atoms with van der Waals surface area (Å²) >= 11 is 3.34. The predicted octanol–water partition coefficient (Wildman–Crippen LogP) is 4.04. The average molecular weight is 429 g/mol. The maximum Gasteiger partial charge on any atom is 0.247 e. The van der Waals surface area contributed by atoms with Crippen molar-refractivity contribution in [3.63, 3.8) is 0 Å². The highest BCUT2D eigenvalue weighted by Crippen LogP contribution is 2.21. The minimum Gasteiger partial charge on any atom is -0.331 e. The van der Waals surface area contributed by atoms with Crippen LogP contribution in [-0.4, -0.2) is 35.1 Å². The van der Waals surface area contributed by atoms with E-state index in [0.717, 1.165) is 10.9 Å². The lowest BCUT2D eigenvalue weighted by Gasteiger charge is -2.24. The Labute approximate surface area is 166 Å². The second-order valence-electron chi connectivity index (χ2n) is 6.53. The van der Waals surface area contributed by atoms with Gasteiger partial charge in [0, 0.05) is 35.1 Å². The van der Waals surface area contributed by atoms with Crippen LogP contribution in [0.1, 0.15) is 36.0 Å². The summed E-state index contributed by atoms with van der Waals surface area (Å²) in [6.07, 6.45) is 1.69. The number of Topliss-reactive ketones (excluding diaryl/α,β-unsaturated/α-hetero) is 1. The Morgan fingerprint density at radius 1 is 1.00 bits per heavy atom. The first-order valence-corrected chi connectivity index (χ1v) is 9.78. The highest BCUT2D eigenvalue weighted by Gasteiger charge is 2.33. The Morgan fingerprint density at radius 3 is 2.41 bits per heavy atom. The third-order valence-corrected chi connectivity index (χ3v) is 5.18. The van der Waals surface area contributed by atoms with Crippen molar-refractivity contribution in [1.29, 1.82) is 0 Å². The lowest BCUT2D eigenvalue weighted by molar-refractivity contribution is -0.136. The fourth-order valence-electron chi connectivity index (χ4n) is 3.23. The van der Waals surface area contributed by atoms with E-state index >= 15 is 0 Å². The van der Waals surface area contributed by atoms with Crippen molar-refractivity contribution in [2.24, 2.45) is 0 Å². The molecule has 2 amide bonds. The molecule has 1 saturated heterocycles. The molecule has 2 aromatic rings. The van der Waals surface area contributed by atoms with E-state index in [4.69, 9.17) is 0 Å². The molecule has 27 heavy (non-hydrogen) atoms. The number of anilines is 1. The second-order valence-corrected chi connectivity index (χ2v) is 7.45. The first-order valence-electron chi connectivity index (χ1n) is 8.99. The quantitative estimate of drug-likeness (QED) is 0.705. The summed E-state index contributed by atoms with van der Waals surface area (Å²) in [7, 11) is 0. The smallest absolute Gasteiger partial charge is 0.247 e. The summed E-state index contributed by atoms with van der Waals surface area (Å²) in [4.78, 5) is 39.0. The minimum absolute atomic E-state index is 0.0691. The van der Waals surface area contributed by atoms with Gasteiger partial charge in [-0.2, -0.15) is 0 Å². The minimum atomic E-state index is -0.472. The molecule has 1 atom stereocenters. The van der Waals surface area contributed by atoms with E-state index in [1.165, 1.54) is 0 Å². The summed E-state index contributed by atoms with van der Waals surface area (Å²) in [5.74, 6) is -0.391. The van der Waals surface area contributed by atoms with Crippen molar-refractivity contribution in [2.45, 2.75) is 31.7 Å². The number of likely N-dealkylation sites (tertiary alicyclic amines) is 1. The first-order chi connectivity index (χ1) is 13.0. The van der Waals surface area contributed by atoms with Crippen LogP contribution in [0, 0.1) is 0 Å². The number of halogens is 1. The van der Waals surface area contributed by atoms with Gasteiger partial charge in [0.15, 0.2) is 5.78 Å². The number of nitrogens with zero attached hydrogens (tertiary/aromatic N) is 1. The SMILES string of the molecule is O=C(CCC(=O)N1CCC[C@H]1C(=O)Nc1ccccc1)c1ccc(Br)cc1. The number of benzene rings is 2. The molecule has 1 aliphatic heterocycles. The summed E-state index contributed by atoms with van der Waals surface area (Å²) in [5.41, 5.74) is 1.30. The monoisotopic (exact) mass is 428 g/mol. The maximum atomic E-state index is 12.6. The molecular formula is C21H21BrN2O3. The van der Waals surface area contributed by atoms with Crippen molar-refractivity contribution in [3.05, 3.63) is 64.6 Å². The number of ketones is 1. The van der Waals surface area contributed by atoms with Gasteiger partial charge >= 0.3 is 0 Å². The Morgan fingerprint density at radius 2 is 1.70 bits per heavy atom. The van der Waals surface area contributed by atoms with Crippen LogP contribution < -0.4 is 5.32 Å². The Bertz CT molecular complexity index is 821. The molecule has 1 aliphatic rings. The molecule has 0 saturated carbocycles. The van der Waals surface area contributed by atoms with Gasteiger partial charge < -0.3 is 10.2 Å². The van der Waals surface area contributed by atoms with E-state index < -0.39 is 6.04 Å². The molecule has 1 N–H and O–H groups in total. The van der Waals surface area contributed by atoms with Gasteiger partial charge in [-0.05, 0) is 37.1 Å². The summed E-state index contributed by atoms with van der Waals surface area (Å²) < 4.78 is 0.902. The molecule has 0 bridgehead atoms. The Balaban J connectivity index is 1.56. The Hall–Kier alpha value is -2.47. The Kier molecular flexibility index (Phi) is 6.40. The lowest BCUT2D eigenvalue weighted by Crippen LogP contribution is -2.43. The fraction of sp³-hybridized carbons (Fsp3) is 0.286. The third kappa shape index (κ3) is 5.04. The van der Waals surface area contributed by atoms with E-state index in [2.05, 4.69) is 21.2 Å². The van der Waals surface area contributed by atoms with Crippen molar-refractivity contribution < 1.29 is 14.4 Å². The molecule has 5 nitrogen and oxygen atoms in total. The van der Waals surface area contributed by atoms with Crippen LogP contribution in [0.25, 0.3) is 0 Å². The fourth-order valence-corrected chi connectivity index (χ4v) is 3.49. The molecule has 0 radical (unpaired) electrons. The molecule has 6 heteroatoms. The predicted molar refractivity (Wildman–Crippen MR) is 108 cm³/mol. The van der Waals surface area contributed by atoms with E-state index in [1.54, 1.807) is 29.2 Å². The van der Waals surface area contributed by atoms with E-state index in [1.807, 2.05) is 30.3 Å². The molecule has 1 heterocycles. The number of hydrogen-bond acceptors (Lipinski definition) is 3.